The number of carbonyl (C=O) groups is 1. The van der Waals surface area contributed by atoms with Crippen LogP contribution in [-0.2, 0) is 0 Å². The zero-order valence-corrected chi connectivity index (χ0v) is 16.2. The first-order chi connectivity index (χ1) is 14.2. The highest BCUT2D eigenvalue weighted by Crippen LogP contribution is 2.33. The van der Waals surface area contributed by atoms with Gasteiger partial charge in [-0.2, -0.15) is 8.78 Å². The summed E-state index contributed by atoms with van der Waals surface area (Å²) < 4.78 is 60.5. The minimum absolute atomic E-state index is 0.0819. The molecule has 0 spiro atoms. The van der Waals surface area contributed by atoms with Gasteiger partial charge in [0.2, 0.25) is 11.6 Å². The molecule has 2 aromatic rings. The maximum absolute atomic E-state index is 14.2. The Morgan fingerprint density at radius 3 is 2.13 bits per heavy atom. The van der Waals surface area contributed by atoms with Gasteiger partial charge in [-0.05, 0) is 12.1 Å². The lowest BCUT2D eigenvalue weighted by atomic mass is 10.1. The highest BCUT2D eigenvalue weighted by Gasteiger charge is 2.34. The van der Waals surface area contributed by atoms with E-state index in [-0.39, 0.29) is 42.6 Å². The van der Waals surface area contributed by atoms with Gasteiger partial charge in [0, 0.05) is 37.3 Å². The molecule has 1 aliphatic rings. The quantitative estimate of drug-likeness (QED) is 0.308. The molecule has 30 heavy (non-hydrogen) atoms. The fourth-order valence-corrected chi connectivity index (χ4v) is 3.36. The Labute approximate surface area is 172 Å². The van der Waals surface area contributed by atoms with E-state index in [1.807, 2.05) is 0 Å². The summed E-state index contributed by atoms with van der Waals surface area (Å²) in [5.74, 6) is -9.83. The third kappa shape index (κ3) is 3.72. The predicted octanol–water partition coefficient (Wildman–Crippen LogP) is 3.78. The molecule has 1 heterocycles. The molecule has 160 valence electrons. The van der Waals surface area contributed by atoms with Crippen molar-refractivity contribution < 1.29 is 32.0 Å². The lowest BCUT2D eigenvalue weighted by Crippen LogP contribution is -2.49. The molecule has 0 saturated carbocycles. The highest BCUT2D eigenvalue weighted by atomic mass is 35.5. The number of carbonyl (C=O) groups excluding carboxylic acids is 1. The van der Waals surface area contributed by atoms with Gasteiger partial charge in [0.25, 0.3) is 11.6 Å². The number of rotatable bonds is 4. The van der Waals surface area contributed by atoms with Gasteiger partial charge in [-0.1, -0.05) is 11.6 Å². The van der Waals surface area contributed by atoms with Gasteiger partial charge in [-0.3, -0.25) is 14.9 Å². The van der Waals surface area contributed by atoms with Crippen LogP contribution < -0.4 is 9.64 Å². The second-order valence-corrected chi connectivity index (χ2v) is 6.77. The number of halogens is 5. The summed E-state index contributed by atoms with van der Waals surface area (Å²) in [5.41, 5.74) is -1.34. The van der Waals surface area contributed by atoms with Crippen molar-refractivity contribution in [3.63, 3.8) is 0 Å². The minimum atomic E-state index is -1.86. The third-order valence-electron chi connectivity index (χ3n) is 4.68. The van der Waals surface area contributed by atoms with Crippen LogP contribution in [0.4, 0.5) is 28.9 Å². The largest absolute Gasteiger partial charge is 0.491 e. The second-order valence-electron chi connectivity index (χ2n) is 6.33. The van der Waals surface area contributed by atoms with Crippen molar-refractivity contribution >= 4 is 28.9 Å². The molecule has 0 bridgehead atoms. The molecule has 1 fully saturated rings. The van der Waals surface area contributed by atoms with Crippen molar-refractivity contribution in [3.8, 4) is 5.75 Å². The van der Waals surface area contributed by atoms with E-state index >= 15 is 0 Å². The molecule has 1 amide bonds. The standard InChI is InChI=1S/C18H14ClF4N3O4/c1-30-17-15(22)13(20)12(14(21)16(17)23)18(27)25-6-4-24(5-7-25)10-3-2-9(19)8-11(10)26(28)29/h2-3,8H,4-7H2,1H3. The Bertz CT molecular complexity index is 1000. The maximum atomic E-state index is 14.2. The molecule has 0 N–H and O–H groups in total. The second kappa shape index (κ2) is 8.34. The van der Waals surface area contributed by atoms with E-state index in [1.165, 1.54) is 18.2 Å². The van der Waals surface area contributed by atoms with E-state index in [9.17, 15) is 32.5 Å². The number of benzene rings is 2. The van der Waals surface area contributed by atoms with Crippen molar-refractivity contribution in [2.45, 2.75) is 0 Å². The van der Waals surface area contributed by atoms with Crippen molar-refractivity contribution in [1.29, 1.82) is 0 Å². The summed E-state index contributed by atoms with van der Waals surface area (Å²) >= 11 is 5.79. The van der Waals surface area contributed by atoms with E-state index in [1.54, 1.807) is 4.90 Å². The van der Waals surface area contributed by atoms with Crippen molar-refractivity contribution in [1.82, 2.24) is 4.90 Å². The molecule has 1 aliphatic heterocycles. The van der Waals surface area contributed by atoms with Gasteiger partial charge in [-0.15, -0.1) is 0 Å². The number of ether oxygens (including phenoxy) is 1. The first kappa shape index (κ1) is 21.6. The number of hydrogen-bond donors (Lipinski definition) is 0. The predicted molar refractivity (Wildman–Crippen MR) is 99.0 cm³/mol. The fourth-order valence-electron chi connectivity index (χ4n) is 3.20. The van der Waals surface area contributed by atoms with Crippen LogP contribution in [-0.4, -0.2) is 49.0 Å². The average Bonchev–Trinajstić information content (AvgIpc) is 2.73. The molecule has 2 aromatic carbocycles. The molecule has 0 aromatic heterocycles. The lowest BCUT2D eigenvalue weighted by Gasteiger charge is -2.36. The normalized spacial score (nSPS) is 14.1. The van der Waals surface area contributed by atoms with Crippen LogP contribution in [0.3, 0.4) is 0 Å². The van der Waals surface area contributed by atoms with Gasteiger partial charge < -0.3 is 14.5 Å². The van der Waals surface area contributed by atoms with Gasteiger partial charge in [0.05, 0.1) is 12.0 Å². The van der Waals surface area contributed by atoms with Gasteiger partial charge >= 0.3 is 0 Å². The SMILES string of the molecule is COc1c(F)c(F)c(C(=O)N2CCN(c3ccc(Cl)cc3[N+](=O)[O-])CC2)c(F)c1F. The Hall–Kier alpha value is -3.08. The van der Waals surface area contributed by atoms with Crippen LogP contribution in [0.5, 0.6) is 5.75 Å². The third-order valence-corrected chi connectivity index (χ3v) is 4.92. The first-order valence-electron chi connectivity index (χ1n) is 8.55. The summed E-state index contributed by atoms with van der Waals surface area (Å²) in [6, 6.07) is 4.10. The smallest absolute Gasteiger partial charge is 0.294 e. The van der Waals surface area contributed by atoms with Crippen molar-refractivity contribution in [3.05, 3.63) is 62.2 Å². The molecule has 12 heteroatoms. The molecule has 0 radical (unpaired) electrons. The van der Waals surface area contributed by atoms with Crippen LogP contribution >= 0.6 is 11.6 Å². The molecular weight excluding hydrogens is 434 g/mol. The first-order valence-corrected chi connectivity index (χ1v) is 8.93. The van der Waals surface area contributed by atoms with Gasteiger partial charge in [-0.25, -0.2) is 8.78 Å². The molecule has 0 atom stereocenters. The van der Waals surface area contributed by atoms with Gasteiger partial charge in [0.1, 0.15) is 11.3 Å². The van der Waals surface area contributed by atoms with Crippen molar-refractivity contribution in [2.24, 2.45) is 0 Å². The molecule has 3 rings (SSSR count). The Kier molecular flexibility index (Phi) is 6.01. The summed E-state index contributed by atoms with van der Waals surface area (Å²) in [4.78, 5) is 25.8. The van der Waals surface area contributed by atoms with Gasteiger partial charge in [0.15, 0.2) is 17.4 Å². The number of nitro benzene ring substituents is 1. The van der Waals surface area contributed by atoms with Crippen LogP contribution in [0.25, 0.3) is 0 Å². The number of piperazine rings is 1. The zero-order chi connectivity index (χ0) is 22.2. The zero-order valence-electron chi connectivity index (χ0n) is 15.4. The number of nitrogens with zero attached hydrogens (tertiary/aromatic N) is 3. The monoisotopic (exact) mass is 447 g/mol. The van der Waals surface area contributed by atoms with Crippen molar-refractivity contribution in [2.75, 3.05) is 38.2 Å². The van der Waals surface area contributed by atoms with E-state index in [0.29, 0.717) is 0 Å². The van der Waals surface area contributed by atoms with Crippen LogP contribution in [0.2, 0.25) is 5.02 Å². The number of anilines is 1. The molecule has 0 aliphatic carbocycles. The van der Waals surface area contributed by atoms with E-state index in [0.717, 1.165) is 12.0 Å². The topological polar surface area (TPSA) is 75.9 Å². The molecule has 1 saturated heterocycles. The summed E-state index contributed by atoms with van der Waals surface area (Å²) in [6.45, 7) is -0.0172. The fraction of sp³-hybridized carbons (Fsp3) is 0.278. The number of amides is 1. The number of hydrogen-bond acceptors (Lipinski definition) is 5. The molecular formula is C18H14ClF4N3O4. The van der Waals surface area contributed by atoms with Crippen LogP contribution in [0.1, 0.15) is 10.4 Å². The Morgan fingerprint density at radius 2 is 1.63 bits per heavy atom. The Morgan fingerprint density at radius 1 is 1.07 bits per heavy atom. The lowest BCUT2D eigenvalue weighted by molar-refractivity contribution is -0.384. The van der Waals surface area contributed by atoms with E-state index in [2.05, 4.69) is 4.74 Å². The summed E-state index contributed by atoms with van der Waals surface area (Å²) in [6.07, 6.45) is 0. The average molecular weight is 448 g/mol. The minimum Gasteiger partial charge on any atom is -0.491 e. The summed E-state index contributed by atoms with van der Waals surface area (Å²) in [5, 5.41) is 11.4. The maximum Gasteiger partial charge on any atom is 0.294 e. The Balaban J connectivity index is 1.83. The van der Waals surface area contributed by atoms with Crippen LogP contribution in [0.15, 0.2) is 18.2 Å². The number of nitro groups is 1. The molecule has 0 unspecified atom stereocenters. The molecule has 7 nitrogen and oxygen atoms in total. The van der Waals surface area contributed by atoms with E-state index in [4.69, 9.17) is 11.6 Å². The summed E-state index contributed by atoms with van der Waals surface area (Å²) in [7, 11) is 0.830. The highest BCUT2D eigenvalue weighted by molar-refractivity contribution is 6.30. The van der Waals surface area contributed by atoms with E-state index < -0.39 is 45.4 Å². The van der Waals surface area contributed by atoms with Crippen LogP contribution in [0, 0.1) is 33.4 Å². The number of methoxy groups -OCH3 is 1.